The van der Waals surface area contributed by atoms with Gasteiger partial charge in [0.2, 0.25) is 0 Å². The number of esters is 2. The van der Waals surface area contributed by atoms with Crippen molar-refractivity contribution in [2.24, 2.45) is 5.73 Å². The zero-order chi connectivity index (χ0) is 38.9. The lowest BCUT2D eigenvalue weighted by Crippen LogP contribution is -2.29. The lowest BCUT2D eigenvalue weighted by molar-refractivity contribution is -0.161. The Labute approximate surface area is 326 Å². The fourth-order valence-electron chi connectivity index (χ4n) is 6.34. The van der Waals surface area contributed by atoms with E-state index in [9.17, 15) is 19.0 Å². The van der Waals surface area contributed by atoms with Gasteiger partial charge in [-0.2, -0.15) is 0 Å². The van der Waals surface area contributed by atoms with Gasteiger partial charge >= 0.3 is 19.8 Å². The Bertz CT molecular complexity index is 886. The van der Waals surface area contributed by atoms with Crippen LogP contribution in [0.4, 0.5) is 0 Å². The highest BCUT2D eigenvalue weighted by Gasteiger charge is 2.26. The van der Waals surface area contributed by atoms with E-state index in [0.717, 1.165) is 44.9 Å². The van der Waals surface area contributed by atoms with E-state index in [1.54, 1.807) is 0 Å². The first-order valence-electron chi connectivity index (χ1n) is 22.2. The third-order valence-electron chi connectivity index (χ3n) is 9.65. The molecule has 0 heterocycles. The second-order valence-electron chi connectivity index (χ2n) is 14.9. The van der Waals surface area contributed by atoms with E-state index in [1.807, 2.05) is 0 Å². The SMILES string of the molecule is CCCCCCC=CCCCCCCCCCC(=O)OC(COC(=O)CCCCCCCCCCCCCCCCCCC)COP(=O)(O)OCCN. The maximum atomic E-state index is 12.6. The molecule has 0 aromatic rings. The molecule has 0 aromatic carbocycles. The number of carbonyl (C=O) groups is 2. The number of allylic oxidation sites excluding steroid dienone is 2. The van der Waals surface area contributed by atoms with Crippen molar-refractivity contribution in [3.05, 3.63) is 12.2 Å². The first-order valence-corrected chi connectivity index (χ1v) is 23.7. The van der Waals surface area contributed by atoms with Crippen molar-refractivity contribution in [1.29, 1.82) is 0 Å². The molecule has 0 aromatic heterocycles. The molecule has 0 aliphatic carbocycles. The fraction of sp³-hybridized carbons (Fsp3) is 0.907. The smallest absolute Gasteiger partial charge is 0.462 e. The zero-order valence-electron chi connectivity index (χ0n) is 34.5. The molecule has 314 valence electrons. The summed E-state index contributed by atoms with van der Waals surface area (Å²) in [5.41, 5.74) is 5.35. The Balaban J connectivity index is 4.10. The van der Waals surface area contributed by atoms with Crippen LogP contribution in [0.25, 0.3) is 0 Å². The van der Waals surface area contributed by atoms with Crippen LogP contribution in [-0.2, 0) is 32.7 Å². The van der Waals surface area contributed by atoms with Crippen molar-refractivity contribution >= 4 is 19.8 Å². The third kappa shape index (κ3) is 40.2. The average Bonchev–Trinajstić information content (AvgIpc) is 3.14. The number of ether oxygens (including phenoxy) is 2. The predicted molar refractivity (Wildman–Crippen MR) is 220 cm³/mol. The maximum absolute atomic E-state index is 12.6. The molecule has 9 nitrogen and oxygen atoms in total. The summed E-state index contributed by atoms with van der Waals surface area (Å²) in [5.74, 6) is -0.822. The number of hydrogen-bond donors (Lipinski definition) is 2. The van der Waals surface area contributed by atoms with Gasteiger partial charge in [-0.25, -0.2) is 4.57 Å². The summed E-state index contributed by atoms with van der Waals surface area (Å²) in [5, 5.41) is 0. The molecule has 0 saturated carbocycles. The van der Waals surface area contributed by atoms with E-state index in [-0.39, 0.29) is 38.6 Å². The van der Waals surface area contributed by atoms with Crippen LogP contribution in [0.15, 0.2) is 12.2 Å². The van der Waals surface area contributed by atoms with Gasteiger partial charge in [-0.3, -0.25) is 18.6 Å². The lowest BCUT2D eigenvalue weighted by Gasteiger charge is -2.19. The molecule has 53 heavy (non-hydrogen) atoms. The van der Waals surface area contributed by atoms with Gasteiger partial charge < -0.3 is 20.1 Å². The number of phosphoric ester groups is 1. The molecule has 2 atom stereocenters. The Morgan fingerprint density at radius 3 is 1.36 bits per heavy atom. The summed E-state index contributed by atoms with van der Waals surface area (Å²) in [6.07, 6.45) is 40.9. The molecule has 2 unspecified atom stereocenters. The number of carbonyl (C=O) groups excluding carboxylic acids is 2. The number of rotatable bonds is 42. The average molecular weight is 774 g/mol. The largest absolute Gasteiger partial charge is 0.472 e. The monoisotopic (exact) mass is 774 g/mol. The number of nitrogens with two attached hydrogens (primary N) is 1. The van der Waals surface area contributed by atoms with Gasteiger partial charge in [0.1, 0.15) is 6.61 Å². The predicted octanol–water partition coefficient (Wildman–Crippen LogP) is 12.6. The molecule has 10 heteroatoms. The molecule has 0 rings (SSSR count). The van der Waals surface area contributed by atoms with Crippen molar-refractivity contribution in [3.8, 4) is 0 Å². The van der Waals surface area contributed by atoms with Gasteiger partial charge in [0.25, 0.3) is 0 Å². The number of unbranched alkanes of at least 4 members (excludes halogenated alkanes) is 27. The summed E-state index contributed by atoms with van der Waals surface area (Å²) >= 11 is 0. The van der Waals surface area contributed by atoms with Crippen LogP contribution in [0.3, 0.4) is 0 Å². The number of hydrogen-bond acceptors (Lipinski definition) is 8. The van der Waals surface area contributed by atoms with Gasteiger partial charge in [-0.05, 0) is 38.5 Å². The summed E-state index contributed by atoms with van der Waals surface area (Å²) in [6, 6.07) is 0. The van der Waals surface area contributed by atoms with Gasteiger partial charge in [0, 0.05) is 19.4 Å². The van der Waals surface area contributed by atoms with E-state index < -0.39 is 26.5 Å². The van der Waals surface area contributed by atoms with Gasteiger partial charge in [-0.15, -0.1) is 0 Å². The van der Waals surface area contributed by atoms with Gasteiger partial charge in [0.05, 0.1) is 13.2 Å². The molecule has 0 amide bonds. The van der Waals surface area contributed by atoms with Crippen LogP contribution in [0.2, 0.25) is 0 Å². The Kier molecular flexibility index (Phi) is 39.5. The summed E-state index contributed by atoms with van der Waals surface area (Å²) in [4.78, 5) is 34.9. The molecule has 0 aliphatic heterocycles. The highest BCUT2D eigenvalue weighted by atomic mass is 31.2. The molecule has 0 fully saturated rings. The van der Waals surface area contributed by atoms with Gasteiger partial charge in [-0.1, -0.05) is 180 Å². The van der Waals surface area contributed by atoms with Crippen LogP contribution in [0, 0.1) is 0 Å². The van der Waals surface area contributed by atoms with Crippen LogP contribution in [0.1, 0.15) is 219 Å². The van der Waals surface area contributed by atoms with Crippen molar-refractivity contribution in [2.75, 3.05) is 26.4 Å². The summed E-state index contributed by atoms with van der Waals surface area (Å²) < 4.78 is 32.8. The first kappa shape index (κ1) is 51.8. The van der Waals surface area contributed by atoms with Crippen LogP contribution < -0.4 is 5.73 Å². The van der Waals surface area contributed by atoms with E-state index in [1.165, 1.54) is 141 Å². The minimum absolute atomic E-state index is 0.0555. The van der Waals surface area contributed by atoms with E-state index >= 15 is 0 Å². The molecule has 0 saturated heterocycles. The minimum Gasteiger partial charge on any atom is -0.462 e. The lowest BCUT2D eigenvalue weighted by atomic mass is 10.0. The molecule has 0 aliphatic rings. The standard InChI is InChI=1S/C43H84NO8P/c1-3-5-7-9-11-13-15-17-19-20-22-23-25-27-29-31-33-35-42(45)49-39-41(40-51-53(47,48)50-38-37-44)52-43(46)36-34-32-30-28-26-24-21-18-16-14-12-10-8-6-4-2/h14,16,41H,3-13,15,17-40,44H2,1-2H3,(H,47,48). The van der Waals surface area contributed by atoms with E-state index in [2.05, 4.69) is 26.0 Å². The quantitative estimate of drug-likeness (QED) is 0.0269. The third-order valence-corrected chi connectivity index (χ3v) is 10.6. The highest BCUT2D eigenvalue weighted by Crippen LogP contribution is 2.43. The van der Waals surface area contributed by atoms with Crippen molar-refractivity contribution in [2.45, 2.75) is 225 Å². The maximum Gasteiger partial charge on any atom is 0.472 e. The van der Waals surface area contributed by atoms with Crippen LogP contribution in [0.5, 0.6) is 0 Å². The topological polar surface area (TPSA) is 134 Å². The highest BCUT2D eigenvalue weighted by molar-refractivity contribution is 7.47. The van der Waals surface area contributed by atoms with Gasteiger partial charge in [0.15, 0.2) is 6.10 Å². The fourth-order valence-corrected chi connectivity index (χ4v) is 7.10. The second kappa shape index (κ2) is 40.4. The molecule has 0 bridgehead atoms. The van der Waals surface area contributed by atoms with E-state index in [4.69, 9.17) is 24.3 Å². The Morgan fingerprint density at radius 1 is 0.547 bits per heavy atom. The molecular weight excluding hydrogens is 689 g/mol. The van der Waals surface area contributed by atoms with Crippen molar-refractivity contribution in [1.82, 2.24) is 0 Å². The van der Waals surface area contributed by atoms with Crippen molar-refractivity contribution in [3.63, 3.8) is 0 Å². The minimum atomic E-state index is -4.37. The Morgan fingerprint density at radius 2 is 0.925 bits per heavy atom. The Hall–Kier alpha value is -1.25. The normalized spacial score (nSPS) is 13.4. The summed E-state index contributed by atoms with van der Waals surface area (Å²) in [7, 11) is -4.37. The van der Waals surface area contributed by atoms with Crippen LogP contribution in [-0.4, -0.2) is 49.3 Å². The molecular formula is C43H84NO8P. The zero-order valence-corrected chi connectivity index (χ0v) is 35.4. The second-order valence-corrected chi connectivity index (χ2v) is 16.4. The van der Waals surface area contributed by atoms with E-state index in [0.29, 0.717) is 6.42 Å². The van der Waals surface area contributed by atoms with Crippen LogP contribution >= 0.6 is 7.82 Å². The summed E-state index contributed by atoms with van der Waals surface area (Å²) in [6.45, 7) is 3.75. The number of phosphoric acid groups is 1. The molecule has 0 spiro atoms. The molecule has 0 radical (unpaired) electrons. The molecule has 3 N–H and O–H groups in total. The van der Waals surface area contributed by atoms with Crippen molar-refractivity contribution < 1.29 is 37.6 Å². The first-order chi connectivity index (χ1) is 25.8.